The third-order valence-corrected chi connectivity index (χ3v) is 5.45. The molecule has 7 nitrogen and oxygen atoms in total. The van der Waals surface area contributed by atoms with E-state index in [0.717, 1.165) is 25.7 Å². The zero-order valence-corrected chi connectivity index (χ0v) is 15.7. The molecule has 0 aliphatic carbocycles. The summed E-state index contributed by atoms with van der Waals surface area (Å²) in [5.41, 5.74) is -0.260. The van der Waals surface area contributed by atoms with E-state index in [4.69, 9.17) is 4.74 Å². The van der Waals surface area contributed by atoms with Gasteiger partial charge in [-0.25, -0.2) is 9.18 Å². The number of aromatic carboxylic acids is 1. The summed E-state index contributed by atoms with van der Waals surface area (Å²) in [6, 6.07) is 0.980. The van der Waals surface area contributed by atoms with Crippen molar-refractivity contribution >= 4 is 22.6 Å². The van der Waals surface area contributed by atoms with Gasteiger partial charge in [-0.05, 0) is 13.0 Å². The van der Waals surface area contributed by atoms with Crippen molar-refractivity contribution in [2.75, 3.05) is 44.2 Å². The summed E-state index contributed by atoms with van der Waals surface area (Å²) in [6.45, 7) is 9.46. The van der Waals surface area contributed by atoms with Gasteiger partial charge >= 0.3 is 5.97 Å². The van der Waals surface area contributed by atoms with Gasteiger partial charge < -0.3 is 19.3 Å². The highest BCUT2D eigenvalue weighted by molar-refractivity contribution is 5.97. The number of nitrogens with zero attached hydrogens (tertiary/aromatic N) is 3. The Morgan fingerprint density at radius 2 is 2.11 bits per heavy atom. The highest BCUT2D eigenvalue weighted by atomic mass is 19.1. The van der Waals surface area contributed by atoms with Gasteiger partial charge in [0.05, 0.1) is 16.9 Å². The Hall–Kier alpha value is -2.87. The predicted molar refractivity (Wildman–Crippen MR) is 104 cm³/mol. The van der Waals surface area contributed by atoms with Gasteiger partial charge in [-0.1, -0.05) is 6.08 Å². The molecule has 0 saturated carbocycles. The number of hydrogen-bond donors (Lipinski definition) is 1. The van der Waals surface area contributed by atoms with Crippen LogP contribution in [0.1, 0.15) is 23.3 Å². The molecule has 0 radical (unpaired) electrons. The molecular formula is C20H22FN3O4. The monoisotopic (exact) mass is 387 g/mol. The number of carboxylic acid groups (broad SMARTS) is 1. The zero-order valence-electron chi connectivity index (χ0n) is 15.7. The van der Waals surface area contributed by atoms with Crippen molar-refractivity contribution < 1.29 is 19.0 Å². The van der Waals surface area contributed by atoms with Crippen LogP contribution in [-0.2, 0) is 0 Å². The van der Waals surface area contributed by atoms with Crippen LogP contribution >= 0.6 is 0 Å². The number of hydrogen-bond acceptors (Lipinski definition) is 5. The molecule has 1 aromatic carbocycles. The fourth-order valence-corrected chi connectivity index (χ4v) is 4.00. The topological polar surface area (TPSA) is 75.0 Å². The molecule has 1 saturated heterocycles. The molecule has 8 heteroatoms. The molecule has 148 valence electrons. The van der Waals surface area contributed by atoms with Crippen LogP contribution in [0.2, 0.25) is 0 Å². The molecule has 1 N–H and O–H groups in total. The van der Waals surface area contributed by atoms with Crippen LogP contribution in [0.5, 0.6) is 5.75 Å². The maximum absolute atomic E-state index is 15.1. The number of halogens is 1. The lowest BCUT2D eigenvalue weighted by Gasteiger charge is -2.38. The first-order chi connectivity index (χ1) is 13.4. The SMILES string of the molecule is C=CCN1CCN(c2c(F)cc3c(=O)c(C(=O)O)cn4c3c2OC[C@@H]4C)CC1. The minimum atomic E-state index is -1.32. The van der Waals surface area contributed by atoms with Crippen molar-refractivity contribution in [3.05, 3.63) is 46.5 Å². The van der Waals surface area contributed by atoms with E-state index in [1.807, 2.05) is 17.9 Å². The summed E-state index contributed by atoms with van der Waals surface area (Å²) < 4.78 is 22.7. The van der Waals surface area contributed by atoms with E-state index in [9.17, 15) is 14.7 Å². The lowest BCUT2D eigenvalue weighted by Crippen LogP contribution is -2.47. The van der Waals surface area contributed by atoms with E-state index in [2.05, 4.69) is 11.5 Å². The molecule has 0 unspecified atom stereocenters. The van der Waals surface area contributed by atoms with Crippen LogP contribution in [0, 0.1) is 5.82 Å². The van der Waals surface area contributed by atoms with Gasteiger partial charge in [-0.15, -0.1) is 6.58 Å². The van der Waals surface area contributed by atoms with E-state index < -0.39 is 17.2 Å². The largest absolute Gasteiger partial charge is 0.487 e. The third kappa shape index (κ3) is 2.84. The fourth-order valence-electron chi connectivity index (χ4n) is 4.00. The zero-order chi connectivity index (χ0) is 20.0. The van der Waals surface area contributed by atoms with Crippen molar-refractivity contribution in [3.8, 4) is 5.75 Å². The first-order valence-corrected chi connectivity index (χ1v) is 9.28. The molecule has 1 atom stereocenters. The van der Waals surface area contributed by atoms with E-state index >= 15 is 4.39 Å². The van der Waals surface area contributed by atoms with E-state index in [1.165, 1.54) is 6.20 Å². The third-order valence-electron chi connectivity index (χ3n) is 5.45. The van der Waals surface area contributed by atoms with Crippen molar-refractivity contribution in [2.45, 2.75) is 13.0 Å². The summed E-state index contributed by atoms with van der Waals surface area (Å²) >= 11 is 0. The number of carbonyl (C=O) groups is 1. The summed E-state index contributed by atoms with van der Waals surface area (Å²) in [7, 11) is 0. The van der Waals surface area contributed by atoms with Gasteiger partial charge in [0.25, 0.3) is 0 Å². The number of piperazine rings is 1. The van der Waals surface area contributed by atoms with Crippen molar-refractivity contribution in [1.29, 1.82) is 0 Å². The molecule has 28 heavy (non-hydrogen) atoms. The number of pyridine rings is 1. The lowest BCUT2D eigenvalue weighted by molar-refractivity contribution is 0.0694. The van der Waals surface area contributed by atoms with E-state index in [1.54, 1.807) is 4.57 Å². The van der Waals surface area contributed by atoms with Crippen LogP contribution in [0.3, 0.4) is 0 Å². The molecule has 2 aromatic rings. The summed E-state index contributed by atoms with van der Waals surface area (Å²) in [6.07, 6.45) is 3.19. The summed E-state index contributed by atoms with van der Waals surface area (Å²) in [5.74, 6) is -1.57. The Balaban J connectivity index is 1.88. The molecule has 2 aliphatic heterocycles. The minimum Gasteiger partial charge on any atom is -0.487 e. The molecule has 0 spiro atoms. The Morgan fingerprint density at radius 1 is 1.39 bits per heavy atom. The normalized spacial score (nSPS) is 19.5. The average Bonchev–Trinajstić information content (AvgIpc) is 2.67. The highest BCUT2D eigenvalue weighted by Gasteiger charge is 2.31. The number of benzene rings is 1. The van der Waals surface area contributed by atoms with Gasteiger partial charge in [-0.2, -0.15) is 0 Å². The molecule has 2 aliphatic rings. The second-order valence-corrected chi connectivity index (χ2v) is 7.25. The molecule has 1 aromatic heterocycles. The quantitative estimate of drug-likeness (QED) is 0.810. The van der Waals surface area contributed by atoms with Crippen LogP contribution in [0.25, 0.3) is 10.9 Å². The van der Waals surface area contributed by atoms with Gasteiger partial charge in [-0.3, -0.25) is 9.69 Å². The molecule has 0 bridgehead atoms. The first-order valence-electron chi connectivity index (χ1n) is 9.28. The predicted octanol–water partition coefficient (Wildman–Crippen LogP) is 2.10. The van der Waals surface area contributed by atoms with E-state index in [0.29, 0.717) is 30.0 Å². The first kappa shape index (κ1) is 18.5. The molecule has 4 rings (SSSR count). The van der Waals surface area contributed by atoms with Crippen molar-refractivity contribution in [1.82, 2.24) is 9.47 Å². The van der Waals surface area contributed by atoms with Crippen LogP contribution in [0.15, 0.2) is 29.7 Å². The molecule has 3 heterocycles. The smallest absolute Gasteiger partial charge is 0.341 e. The van der Waals surface area contributed by atoms with Crippen LogP contribution in [0.4, 0.5) is 10.1 Å². The van der Waals surface area contributed by atoms with Crippen molar-refractivity contribution in [2.24, 2.45) is 0 Å². The summed E-state index contributed by atoms with van der Waals surface area (Å²) in [5, 5.41) is 9.39. The molecule has 0 amide bonds. The Morgan fingerprint density at radius 3 is 2.75 bits per heavy atom. The van der Waals surface area contributed by atoms with Gasteiger partial charge in [0.15, 0.2) is 11.6 Å². The van der Waals surface area contributed by atoms with Gasteiger partial charge in [0.1, 0.15) is 17.9 Å². The Kier molecular flexibility index (Phi) is 4.58. The lowest BCUT2D eigenvalue weighted by atomic mass is 10.1. The van der Waals surface area contributed by atoms with Crippen molar-refractivity contribution in [3.63, 3.8) is 0 Å². The van der Waals surface area contributed by atoms with Crippen LogP contribution in [-0.4, -0.2) is 59.9 Å². The number of aromatic nitrogens is 1. The Labute approximate surface area is 161 Å². The highest BCUT2D eigenvalue weighted by Crippen LogP contribution is 2.42. The summed E-state index contributed by atoms with van der Waals surface area (Å²) in [4.78, 5) is 28.3. The standard InChI is InChI=1S/C20H22FN3O4/c1-3-4-22-5-7-23(8-6-22)17-15(21)9-13-16-19(17)28-11-12(2)24(16)10-14(18(13)25)20(26)27/h3,9-10,12H,1,4-8,11H2,2H3,(H,26,27)/t12-/m0/s1. The molecule has 1 fully saturated rings. The fraction of sp³-hybridized carbons (Fsp3) is 0.400. The average molecular weight is 387 g/mol. The van der Waals surface area contributed by atoms with Gasteiger partial charge in [0, 0.05) is 38.9 Å². The van der Waals surface area contributed by atoms with E-state index in [-0.39, 0.29) is 23.6 Å². The maximum atomic E-state index is 15.1. The molecular weight excluding hydrogens is 365 g/mol. The van der Waals surface area contributed by atoms with Crippen LogP contribution < -0.4 is 15.1 Å². The van der Waals surface area contributed by atoms with Gasteiger partial charge in [0.2, 0.25) is 5.43 Å². The number of anilines is 1. The number of ether oxygens (including phenoxy) is 1. The Bertz CT molecular complexity index is 1020. The number of carboxylic acids is 1. The number of rotatable bonds is 4. The maximum Gasteiger partial charge on any atom is 0.341 e. The second-order valence-electron chi connectivity index (χ2n) is 7.25. The minimum absolute atomic E-state index is 0.0352. The second kappa shape index (κ2) is 6.94.